The molecule has 1 aliphatic heterocycles. The highest BCUT2D eigenvalue weighted by molar-refractivity contribution is 7.92. The van der Waals surface area contributed by atoms with E-state index in [1.807, 2.05) is 6.92 Å². The van der Waals surface area contributed by atoms with Crippen LogP contribution in [0.5, 0.6) is 0 Å². The third-order valence-corrected chi connectivity index (χ3v) is 5.79. The Bertz CT molecular complexity index is 876. The van der Waals surface area contributed by atoms with Crippen molar-refractivity contribution in [2.24, 2.45) is 0 Å². The van der Waals surface area contributed by atoms with Gasteiger partial charge in [0.15, 0.2) is 0 Å². The third kappa shape index (κ3) is 4.62. The molecule has 0 bridgehead atoms. The molecule has 0 radical (unpaired) electrons. The van der Waals surface area contributed by atoms with Gasteiger partial charge in [-0.25, -0.2) is 8.42 Å². The van der Waals surface area contributed by atoms with Gasteiger partial charge < -0.3 is 10.6 Å². The fraction of sp³-hybridized carbons (Fsp3) is 0.316. The van der Waals surface area contributed by atoms with Gasteiger partial charge in [-0.1, -0.05) is 24.3 Å². The number of carbonyl (C=O) groups excluding carboxylic acids is 1. The zero-order valence-corrected chi connectivity index (χ0v) is 15.5. The van der Waals surface area contributed by atoms with Crippen molar-refractivity contribution in [1.29, 1.82) is 0 Å². The average molecular weight is 373 g/mol. The first-order valence-corrected chi connectivity index (χ1v) is 10.1. The fourth-order valence-corrected chi connectivity index (χ4v) is 4.12. The van der Waals surface area contributed by atoms with Gasteiger partial charge in [-0.05, 0) is 56.1 Å². The average Bonchev–Trinajstić information content (AvgIpc) is 3.11. The summed E-state index contributed by atoms with van der Waals surface area (Å²) in [5, 5.41) is 6.14. The van der Waals surface area contributed by atoms with Gasteiger partial charge in [0, 0.05) is 18.2 Å². The lowest BCUT2D eigenvalue weighted by atomic mass is 10.1. The van der Waals surface area contributed by atoms with Crippen molar-refractivity contribution in [3.05, 3.63) is 54.1 Å². The second-order valence-electron chi connectivity index (χ2n) is 6.49. The summed E-state index contributed by atoms with van der Waals surface area (Å²) in [7, 11) is -3.67. The van der Waals surface area contributed by atoms with Crippen LogP contribution in [-0.2, 0) is 14.8 Å². The molecular formula is C19H23N3O3S. The molecule has 7 heteroatoms. The number of aryl methyl sites for hydroxylation is 1. The summed E-state index contributed by atoms with van der Waals surface area (Å²) >= 11 is 0. The number of amides is 1. The Hall–Kier alpha value is -2.38. The lowest BCUT2D eigenvalue weighted by molar-refractivity contribution is -0.116. The van der Waals surface area contributed by atoms with Crippen molar-refractivity contribution in [1.82, 2.24) is 5.32 Å². The normalized spacial score (nSPS) is 17.0. The molecule has 1 amide bonds. The summed E-state index contributed by atoms with van der Waals surface area (Å²) in [6.45, 7) is 2.77. The van der Waals surface area contributed by atoms with Crippen LogP contribution in [0.3, 0.4) is 0 Å². The van der Waals surface area contributed by atoms with Crippen LogP contribution in [0.25, 0.3) is 0 Å². The topological polar surface area (TPSA) is 87.3 Å². The third-order valence-electron chi connectivity index (χ3n) is 4.41. The van der Waals surface area contributed by atoms with Gasteiger partial charge in [-0.2, -0.15) is 0 Å². The number of hydrogen-bond acceptors (Lipinski definition) is 4. The molecule has 2 aromatic rings. The Morgan fingerprint density at radius 2 is 1.96 bits per heavy atom. The molecule has 6 nitrogen and oxygen atoms in total. The summed E-state index contributed by atoms with van der Waals surface area (Å²) in [6, 6.07) is 13.6. The largest absolute Gasteiger partial charge is 0.326 e. The van der Waals surface area contributed by atoms with Crippen LogP contribution in [0, 0.1) is 6.92 Å². The van der Waals surface area contributed by atoms with Crippen molar-refractivity contribution in [2.45, 2.75) is 37.1 Å². The molecule has 0 saturated carbocycles. The molecule has 1 unspecified atom stereocenters. The quantitative estimate of drug-likeness (QED) is 0.727. The predicted octanol–water partition coefficient (Wildman–Crippen LogP) is 2.88. The number of carbonyl (C=O) groups is 1. The molecule has 26 heavy (non-hydrogen) atoms. The number of nitrogens with one attached hydrogen (secondary N) is 3. The molecule has 1 atom stereocenters. The van der Waals surface area contributed by atoms with Crippen molar-refractivity contribution in [3.63, 3.8) is 0 Å². The molecule has 1 aliphatic rings. The van der Waals surface area contributed by atoms with E-state index in [1.165, 1.54) is 12.1 Å². The lowest BCUT2D eigenvalue weighted by Crippen LogP contribution is -2.27. The number of anilines is 2. The van der Waals surface area contributed by atoms with Crippen LogP contribution >= 0.6 is 0 Å². The van der Waals surface area contributed by atoms with Gasteiger partial charge in [0.2, 0.25) is 5.91 Å². The van der Waals surface area contributed by atoms with Crippen molar-refractivity contribution < 1.29 is 13.2 Å². The molecule has 0 aliphatic carbocycles. The first-order valence-electron chi connectivity index (χ1n) is 8.66. The second-order valence-corrected chi connectivity index (χ2v) is 8.18. The molecular weight excluding hydrogens is 350 g/mol. The van der Waals surface area contributed by atoms with Crippen molar-refractivity contribution >= 4 is 27.3 Å². The Kier molecular flexibility index (Phi) is 5.58. The minimum absolute atomic E-state index is 0.0786. The van der Waals surface area contributed by atoms with E-state index in [-0.39, 0.29) is 16.8 Å². The van der Waals surface area contributed by atoms with Crippen LogP contribution < -0.4 is 15.4 Å². The Balaban J connectivity index is 1.72. The molecule has 0 spiro atoms. The standard InChI is InChI=1S/C19H23N3O3S/c1-14-9-10-16(21-19(23)13-15-6-5-11-20-15)12-18(14)22-26(24,25)17-7-3-2-4-8-17/h2-4,7-10,12,15,20,22H,5-6,11,13H2,1H3,(H,21,23). The van der Waals surface area contributed by atoms with E-state index in [0.717, 1.165) is 24.9 Å². The van der Waals surface area contributed by atoms with E-state index in [1.54, 1.807) is 36.4 Å². The molecule has 0 aromatic heterocycles. The van der Waals surface area contributed by atoms with Crippen LogP contribution in [0.1, 0.15) is 24.8 Å². The lowest BCUT2D eigenvalue weighted by Gasteiger charge is -2.14. The SMILES string of the molecule is Cc1ccc(NC(=O)CC2CCCN2)cc1NS(=O)(=O)c1ccccc1. The van der Waals surface area contributed by atoms with E-state index in [0.29, 0.717) is 17.8 Å². The van der Waals surface area contributed by atoms with E-state index < -0.39 is 10.0 Å². The first-order chi connectivity index (χ1) is 12.4. The van der Waals surface area contributed by atoms with Crippen LogP contribution in [0.15, 0.2) is 53.4 Å². The molecule has 3 N–H and O–H groups in total. The van der Waals surface area contributed by atoms with Gasteiger partial charge >= 0.3 is 0 Å². The molecule has 3 rings (SSSR count). The van der Waals surface area contributed by atoms with Crippen molar-refractivity contribution in [2.75, 3.05) is 16.6 Å². The molecule has 1 saturated heterocycles. The summed E-state index contributed by atoms with van der Waals surface area (Å²) in [5.41, 5.74) is 1.80. The van der Waals surface area contributed by atoms with Gasteiger partial charge in [-0.3, -0.25) is 9.52 Å². The summed E-state index contributed by atoms with van der Waals surface area (Å²) < 4.78 is 27.6. The highest BCUT2D eigenvalue weighted by atomic mass is 32.2. The smallest absolute Gasteiger partial charge is 0.261 e. The molecule has 1 heterocycles. The zero-order valence-electron chi connectivity index (χ0n) is 14.7. The Labute approximate surface area is 154 Å². The van der Waals surface area contributed by atoms with E-state index in [2.05, 4.69) is 15.4 Å². The summed E-state index contributed by atoms with van der Waals surface area (Å²) in [4.78, 5) is 12.4. The molecule has 138 valence electrons. The van der Waals surface area contributed by atoms with E-state index >= 15 is 0 Å². The Morgan fingerprint density at radius 3 is 2.65 bits per heavy atom. The highest BCUT2D eigenvalue weighted by Crippen LogP contribution is 2.24. The molecule has 2 aromatic carbocycles. The van der Waals surface area contributed by atoms with Gasteiger partial charge in [-0.15, -0.1) is 0 Å². The number of rotatable bonds is 6. The van der Waals surface area contributed by atoms with Crippen LogP contribution in [-0.4, -0.2) is 26.9 Å². The van der Waals surface area contributed by atoms with Crippen molar-refractivity contribution in [3.8, 4) is 0 Å². The first kappa shape index (κ1) is 18.4. The minimum Gasteiger partial charge on any atom is -0.326 e. The predicted molar refractivity (Wildman–Crippen MR) is 103 cm³/mol. The monoisotopic (exact) mass is 373 g/mol. The number of sulfonamides is 1. The second kappa shape index (κ2) is 7.88. The zero-order chi connectivity index (χ0) is 18.6. The maximum atomic E-state index is 12.5. The Morgan fingerprint density at radius 1 is 1.19 bits per heavy atom. The maximum Gasteiger partial charge on any atom is 0.261 e. The van der Waals surface area contributed by atoms with E-state index in [9.17, 15) is 13.2 Å². The maximum absolute atomic E-state index is 12.5. The van der Waals surface area contributed by atoms with Gasteiger partial charge in [0.1, 0.15) is 0 Å². The number of hydrogen-bond donors (Lipinski definition) is 3. The number of benzene rings is 2. The summed E-state index contributed by atoms with van der Waals surface area (Å²) in [6.07, 6.45) is 2.51. The minimum atomic E-state index is -3.67. The molecule has 1 fully saturated rings. The van der Waals surface area contributed by atoms with Crippen LogP contribution in [0.2, 0.25) is 0 Å². The highest BCUT2D eigenvalue weighted by Gasteiger charge is 2.18. The van der Waals surface area contributed by atoms with Gasteiger partial charge in [0.05, 0.1) is 10.6 Å². The van der Waals surface area contributed by atoms with Crippen LogP contribution in [0.4, 0.5) is 11.4 Å². The fourth-order valence-electron chi connectivity index (χ4n) is 2.98. The van der Waals surface area contributed by atoms with E-state index in [4.69, 9.17) is 0 Å². The van der Waals surface area contributed by atoms with Gasteiger partial charge in [0.25, 0.3) is 10.0 Å². The summed E-state index contributed by atoms with van der Waals surface area (Å²) in [5.74, 6) is -0.0786.